The quantitative estimate of drug-likeness (QED) is 0.264. The number of nitrogens with one attached hydrogen (secondary N) is 1. The molecule has 0 unspecified atom stereocenters. The van der Waals surface area contributed by atoms with E-state index in [-0.39, 0.29) is 24.3 Å². The van der Waals surface area contributed by atoms with Crippen LogP contribution >= 0.6 is 0 Å². The third kappa shape index (κ3) is 6.55. The SMILES string of the molecule is CC[C@H](Oc1ccc2c(c1)[C@@H](c1ccccc1)N(Cc1cccc(C)c1)CC2)C(=O)NCc1cccc(F)c1. The molecule has 0 spiro atoms. The zero-order valence-corrected chi connectivity index (χ0v) is 22.6. The maximum atomic E-state index is 13.5. The van der Waals surface area contributed by atoms with Crippen molar-refractivity contribution in [1.82, 2.24) is 10.2 Å². The molecule has 0 aromatic heterocycles. The van der Waals surface area contributed by atoms with Gasteiger partial charge in [-0.05, 0) is 71.8 Å². The minimum atomic E-state index is -0.640. The summed E-state index contributed by atoms with van der Waals surface area (Å²) in [5.74, 6) is 0.156. The monoisotopic (exact) mass is 522 g/mol. The van der Waals surface area contributed by atoms with Crippen LogP contribution < -0.4 is 10.1 Å². The van der Waals surface area contributed by atoms with E-state index in [1.165, 1.54) is 39.9 Å². The van der Waals surface area contributed by atoms with E-state index in [0.717, 1.165) is 19.5 Å². The van der Waals surface area contributed by atoms with Gasteiger partial charge in [0.2, 0.25) is 0 Å². The lowest BCUT2D eigenvalue weighted by molar-refractivity contribution is -0.128. The number of rotatable bonds is 9. The Hall–Kier alpha value is -3.96. The highest BCUT2D eigenvalue weighted by Crippen LogP contribution is 2.38. The van der Waals surface area contributed by atoms with E-state index in [2.05, 4.69) is 77.8 Å². The second kappa shape index (κ2) is 12.3. The summed E-state index contributed by atoms with van der Waals surface area (Å²) in [5, 5.41) is 2.89. The molecule has 5 rings (SSSR count). The zero-order valence-electron chi connectivity index (χ0n) is 22.6. The number of hydrogen-bond acceptors (Lipinski definition) is 3. The molecular formula is C34H35FN2O2. The summed E-state index contributed by atoms with van der Waals surface area (Å²) in [6, 6.07) is 31.9. The maximum Gasteiger partial charge on any atom is 0.261 e. The zero-order chi connectivity index (χ0) is 27.2. The Morgan fingerprint density at radius 2 is 1.77 bits per heavy atom. The fourth-order valence-corrected chi connectivity index (χ4v) is 5.40. The topological polar surface area (TPSA) is 41.6 Å². The molecule has 0 saturated heterocycles. The van der Waals surface area contributed by atoms with Crippen LogP contribution in [-0.4, -0.2) is 23.5 Å². The van der Waals surface area contributed by atoms with Crippen molar-refractivity contribution in [3.63, 3.8) is 0 Å². The van der Waals surface area contributed by atoms with E-state index >= 15 is 0 Å². The van der Waals surface area contributed by atoms with Gasteiger partial charge >= 0.3 is 0 Å². The van der Waals surface area contributed by atoms with Gasteiger partial charge in [-0.3, -0.25) is 9.69 Å². The first kappa shape index (κ1) is 26.6. The van der Waals surface area contributed by atoms with Gasteiger partial charge < -0.3 is 10.1 Å². The van der Waals surface area contributed by atoms with Crippen LogP contribution in [0.2, 0.25) is 0 Å². The van der Waals surface area contributed by atoms with Gasteiger partial charge in [0.25, 0.3) is 5.91 Å². The van der Waals surface area contributed by atoms with Gasteiger partial charge in [-0.15, -0.1) is 0 Å². The summed E-state index contributed by atoms with van der Waals surface area (Å²) in [7, 11) is 0. The molecule has 1 amide bonds. The summed E-state index contributed by atoms with van der Waals surface area (Å²) in [4.78, 5) is 15.5. The average Bonchev–Trinajstić information content (AvgIpc) is 2.95. The van der Waals surface area contributed by atoms with Gasteiger partial charge in [0.05, 0.1) is 6.04 Å². The molecule has 39 heavy (non-hydrogen) atoms. The average molecular weight is 523 g/mol. The first-order chi connectivity index (χ1) is 19.0. The minimum absolute atomic E-state index is 0.0842. The summed E-state index contributed by atoms with van der Waals surface area (Å²) in [6.07, 6.45) is 0.836. The van der Waals surface area contributed by atoms with Crippen molar-refractivity contribution in [2.45, 2.75) is 51.9 Å². The largest absolute Gasteiger partial charge is 0.481 e. The van der Waals surface area contributed by atoms with Crippen LogP contribution in [0.25, 0.3) is 0 Å². The molecule has 0 fully saturated rings. The smallest absolute Gasteiger partial charge is 0.261 e. The van der Waals surface area contributed by atoms with E-state index in [1.807, 2.05) is 19.1 Å². The lowest BCUT2D eigenvalue weighted by atomic mass is 9.87. The number of ether oxygens (including phenoxy) is 1. The predicted octanol–water partition coefficient (Wildman–Crippen LogP) is 6.76. The van der Waals surface area contributed by atoms with E-state index < -0.39 is 6.10 Å². The fourth-order valence-electron chi connectivity index (χ4n) is 5.40. The number of fused-ring (bicyclic) bond motifs is 1. The van der Waals surface area contributed by atoms with Gasteiger partial charge in [0.1, 0.15) is 11.6 Å². The summed E-state index contributed by atoms with van der Waals surface area (Å²) in [6.45, 7) is 6.13. The molecule has 5 heteroatoms. The van der Waals surface area contributed by atoms with Crippen molar-refractivity contribution in [3.05, 3.63) is 136 Å². The summed E-state index contributed by atoms with van der Waals surface area (Å²) >= 11 is 0. The molecule has 200 valence electrons. The Morgan fingerprint density at radius 3 is 2.54 bits per heavy atom. The van der Waals surface area contributed by atoms with Crippen LogP contribution in [0.4, 0.5) is 4.39 Å². The highest BCUT2D eigenvalue weighted by Gasteiger charge is 2.30. The normalized spacial score (nSPS) is 15.8. The molecule has 4 nitrogen and oxygen atoms in total. The summed E-state index contributed by atoms with van der Waals surface area (Å²) < 4.78 is 19.8. The molecule has 0 radical (unpaired) electrons. The van der Waals surface area contributed by atoms with Crippen molar-refractivity contribution >= 4 is 5.91 Å². The summed E-state index contributed by atoms with van der Waals surface area (Å²) in [5.41, 5.74) is 7.04. The molecule has 1 heterocycles. The first-order valence-electron chi connectivity index (χ1n) is 13.7. The Morgan fingerprint density at radius 1 is 0.974 bits per heavy atom. The van der Waals surface area contributed by atoms with E-state index in [4.69, 9.17) is 4.74 Å². The second-order valence-electron chi connectivity index (χ2n) is 10.2. The van der Waals surface area contributed by atoms with E-state index in [1.54, 1.807) is 12.1 Å². The Balaban J connectivity index is 1.37. The lowest BCUT2D eigenvalue weighted by Gasteiger charge is -2.38. The molecule has 1 aliphatic rings. The molecule has 0 bridgehead atoms. The predicted molar refractivity (Wildman–Crippen MR) is 153 cm³/mol. The van der Waals surface area contributed by atoms with Crippen LogP contribution in [0.3, 0.4) is 0 Å². The van der Waals surface area contributed by atoms with Gasteiger partial charge in [0, 0.05) is 19.6 Å². The van der Waals surface area contributed by atoms with Crippen molar-refractivity contribution in [2.75, 3.05) is 6.54 Å². The number of hydrogen-bond donors (Lipinski definition) is 1. The number of carbonyl (C=O) groups excluding carboxylic acids is 1. The Labute approximate surface area is 230 Å². The van der Waals surface area contributed by atoms with Crippen LogP contribution in [0.1, 0.15) is 52.8 Å². The second-order valence-corrected chi connectivity index (χ2v) is 10.2. The van der Waals surface area contributed by atoms with Crippen molar-refractivity contribution < 1.29 is 13.9 Å². The molecule has 4 aromatic carbocycles. The Kier molecular flexibility index (Phi) is 8.38. The van der Waals surface area contributed by atoms with Crippen LogP contribution in [0.5, 0.6) is 5.75 Å². The number of carbonyl (C=O) groups is 1. The van der Waals surface area contributed by atoms with Crippen molar-refractivity contribution in [2.24, 2.45) is 0 Å². The third-order valence-corrected chi connectivity index (χ3v) is 7.33. The van der Waals surface area contributed by atoms with Gasteiger partial charge in [0.15, 0.2) is 6.10 Å². The van der Waals surface area contributed by atoms with Crippen molar-refractivity contribution in [1.29, 1.82) is 0 Å². The minimum Gasteiger partial charge on any atom is -0.481 e. The molecule has 1 N–H and O–H groups in total. The van der Waals surface area contributed by atoms with Crippen LogP contribution in [0.15, 0.2) is 97.1 Å². The number of aryl methyl sites for hydroxylation is 1. The standard InChI is InChI=1S/C34H35FN2O2/c1-3-32(34(38)36-22-25-10-8-14-29(35)20-25)39-30-16-15-27-17-18-37(23-26-11-7-9-24(2)19-26)33(31(27)21-30)28-12-5-4-6-13-28/h4-16,19-21,32-33H,3,17-18,22-23H2,1-2H3,(H,36,38)/t32-,33+/m0/s1. The van der Waals surface area contributed by atoms with Gasteiger partial charge in [-0.25, -0.2) is 4.39 Å². The molecule has 0 saturated carbocycles. The highest BCUT2D eigenvalue weighted by molar-refractivity contribution is 5.81. The molecule has 0 aliphatic carbocycles. The number of amides is 1. The number of benzene rings is 4. The van der Waals surface area contributed by atoms with Gasteiger partial charge in [-0.1, -0.05) is 85.3 Å². The molecule has 1 aliphatic heterocycles. The lowest BCUT2D eigenvalue weighted by Crippen LogP contribution is -2.38. The first-order valence-corrected chi connectivity index (χ1v) is 13.7. The molecule has 4 aromatic rings. The van der Waals surface area contributed by atoms with E-state index in [9.17, 15) is 9.18 Å². The highest BCUT2D eigenvalue weighted by atomic mass is 19.1. The van der Waals surface area contributed by atoms with Crippen molar-refractivity contribution in [3.8, 4) is 5.75 Å². The number of halogens is 1. The Bertz CT molecular complexity index is 1420. The van der Waals surface area contributed by atoms with Gasteiger partial charge in [-0.2, -0.15) is 0 Å². The molecular weight excluding hydrogens is 487 g/mol. The fraction of sp³-hybridized carbons (Fsp3) is 0.265. The van der Waals surface area contributed by atoms with E-state index in [0.29, 0.717) is 17.7 Å². The molecule has 2 atom stereocenters. The number of nitrogens with zero attached hydrogens (tertiary/aromatic N) is 1. The van der Waals surface area contributed by atoms with Crippen LogP contribution in [-0.2, 0) is 24.3 Å². The maximum absolute atomic E-state index is 13.5. The third-order valence-electron chi connectivity index (χ3n) is 7.33. The van der Waals surface area contributed by atoms with Crippen LogP contribution in [0, 0.1) is 12.7 Å².